The zero-order chi connectivity index (χ0) is 33.6. The van der Waals surface area contributed by atoms with Gasteiger partial charge < -0.3 is 30.0 Å². The second-order valence-electron chi connectivity index (χ2n) is 13.9. The highest BCUT2D eigenvalue weighted by atomic mass is 35.5. The van der Waals surface area contributed by atoms with E-state index < -0.39 is 6.09 Å². The van der Waals surface area contributed by atoms with Crippen LogP contribution in [0.5, 0.6) is 5.88 Å². The Morgan fingerprint density at radius 2 is 1.82 bits per heavy atom. The molecule has 11 nitrogen and oxygen atoms in total. The summed E-state index contributed by atoms with van der Waals surface area (Å²) in [6.45, 7) is 4.11. The van der Waals surface area contributed by atoms with Crippen LogP contribution >= 0.6 is 12.4 Å². The Morgan fingerprint density at radius 1 is 1.02 bits per heavy atom. The predicted octanol–water partition coefficient (Wildman–Crippen LogP) is 6.44. The Balaban J connectivity index is 0.00000392. The molecule has 0 radical (unpaired) electrons. The topological polar surface area (TPSA) is 129 Å². The van der Waals surface area contributed by atoms with Crippen molar-refractivity contribution in [3.63, 3.8) is 0 Å². The van der Waals surface area contributed by atoms with Crippen LogP contribution in [0.1, 0.15) is 71.9 Å². The summed E-state index contributed by atoms with van der Waals surface area (Å²) in [6.07, 6.45) is 5.82. The highest BCUT2D eigenvalue weighted by Gasteiger charge is 2.32. The number of benzene rings is 1. The number of hydrogen-bond acceptors (Lipinski definition) is 7. The molecule has 50 heavy (non-hydrogen) atoms. The number of pyridine rings is 2. The quantitative estimate of drug-likeness (QED) is 0.172. The number of alkyl carbamates (subject to hydrolysis) is 1. The summed E-state index contributed by atoms with van der Waals surface area (Å²) in [5.74, 6) is 1.56. The Kier molecular flexibility index (Phi) is 9.45. The van der Waals surface area contributed by atoms with Crippen LogP contribution in [0.3, 0.4) is 0 Å². The number of aryl methyl sites for hydroxylation is 1. The molecule has 5 heterocycles. The number of likely N-dealkylation sites (tertiary alicyclic amines) is 1. The highest BCUT2D eigenvalue weighted by Crippen LogP contribution is 2.41. The summed E-state index contributed by atoms with van der Waals surface area (Å²) in [6, 6.07) is 19.3. The summed E-state index contributed by atoms with van der Waals surface area (Å²) >= 11 is 0. The molecule has 3 aliphatic rings. The number of rotatable bonds is 10. The van der Waals surface area contributed by atoms with Crippen LogP contribution < -0.4 is 15.8 Å². The number of carbonyl (C=O) groups is 2. The average molecular weight is 698 g/mol. The van der Waals surface area contributed by atoms with Gasteiger partial charge in [-0.05, 0) is 87.1 Å². The van der Waals surface area contributed by atoms with Gasteiger partial charge in [0.25, 0.3) is 5.91 Å². The molecule has 0 spiro atoms. The molecule has 4 aromatic heterocycles. The first-order chi connectivity index (χ1) is 23.9. The third-order valence-electron chi connectivity index (χ3n) is 10.2. The number of carbonyl (C=O) groups excluding carboxylic acids is 2. The maximum absolute atomic E-state index is 13.9. The van der Waals surface area contributed by atoms with Crippen LogP contribution in [0.25, 0.3) is 28.1 Å². The molecule has 2 atom stereocenters. The molecule has 2 saturated carbocycles. The van der Waals surface area contributed by atoms with E-state index in [4.69, 9.17) is 25.2 Å². The molecule has 3 fully saturated rings. The minimum Gasteiger partial charge on any atom is -0.482 e. The van der Waals surface area contributed by atoms with E-state index in [9.17, 15) is 9.59 Å². The van der Waals surface area contributed by atoms with Crippen LogP contribution in [0.4, 0.5) is 4.79 Å². The third kappa shape index (κ3) is 6.76. The number of methoxy groups -OCH3 is 1. The highest BCUT2D eigenvalue weighted by molar-refractivity contribution is 5.96. The van der Waals surface area contributed by atoms with Gasteiger partial charge in [-0.2, -0.15) is 0 Å². The summed E-state index contributed by atoms with van der Waals surface area (Å²) in [4.78, 5) is 38.5. The molecule has 0 bridgehead atoms. The van der Waals surface area contributed by atoms with Gasteiger partial charge in [0.2, 0.25) is 0 Å². The number of fused-ring (bicyclic) bond motifs is 2. The van der Waals surface area contributed by atoms with Crippen molar-refractivity contribution in [1.82, 2.24) is 29.2 Å². The minimum absolute atomic E-state index is 0. The van der Waals surface area contributed by atoms with Gasteiger partial charge in [0, 0.05) is 48.7 Å². The van der Waals surface area contributed by atoms with Gasteiger partial charge >= 0.3 is 6.09 Å². The normalized spacial score (nSPS) is 18.1. The minimum atomic E-state index is -0.483. The number of amides is 2. The van der Waals surface area contributed by atoms with Crippen molar-refractivity contribution in [2.24, 2.45) is 17.6 Å². The van der Waals surface area contributed by atoms with Gasteiger partial charge in [-0.3, -0.25) is 9.20 Å². The van der Waals surface area contributed by atoms with Crippen LogP contribution in [0, 0.1) is 18.8 Å². The first-order valence-corrected chi connectivity index (χ1v) is 17.5. The zero-order valence-electron chi connectivity index (χ0n) is 28.5. The Labute approximate surface area is 297 Å². The Hall–Kier alpha value is -4.61. The number of halogens is 1. The lowest BCUT2D eigenvalue weighted by Gasteiger charge is -2.33. The maximum atomic E-state index is 13.9. The van der Waals surface area contributed by atoms with Crippen molar-refractivity contribution in [2.45, 2.75) is 70.7 Å². The Morgan fingerprint density at radius 3 is 2.56 bits per heavy atom. The molecule has 2 amide bonds. The largest absolute Gasteiger partial charge is 0.482 e. The van der Waals surface area contributed by atoms with E-state index in [0.717, 1.165) is 58.8 Å². The third-order valence-corrected chi connectivity index (χ3v) is 10.2. The molecular weight excluding hydrogens is 654 g/mol. The Bertz CT molecular complexity index is 2040. The predicted molar refractivity (Wildman–Crippen MR) is 194 cm³/mol. The fourth-order valence-corrected chi connectivity index (χ4v) is 7.15. The van der Waals surface area contributed by atoms with Gasteiger partial charge in [-0.1, -0.05) is 30.3 Å². The van der Waals surface area contributed by atoms with Crippen molar-refractivity contribution < 1.29 is 19.1 Å². The lowest BCUT2D eigenvalue weighted by atomic mass is 10.0. The van der Waals surface area contributed by atoms with E-state index in [1.807, 2.05) is 47.7 Å². The van der Waals surface area contributed by atoms with Crippen molar-refractivity contribution >= 4 is 41.1 Å². The molecule has 262 valence electrons. The summed E-state index contributed by atoms with van der Waals surface area (Å²) in [5.41, 5.74) is 13.3. The fraction of sp³-hybridized carbons (Fsp3) is 0.421. The second kappa shape index (κ2) is 14.0. The monoisotopic (exact) mass is 697 g/mol. The molecule has 1 unspecified atom stereocenters. The van der Waals surface area contributed by atoms with Gasteiger partial charge in [-0.15, -0.1) is 12.4 Å². The van der Waals surface area contributed by atoms with E-state index in [0.29, 0.717) is 42.0 Å². The number of aromatic nitrogens is 4. The van der Waals surface area contributed by atoms with E-state index in [1.54, 1.807) is 18.1 Å². The van der Waals surface area contributed by atoms with E-state index in [1.165, 1.54) is 25.7 Å². The van der Waals surface area contributed by atoms with Crippen LogP contribution in [-0.4, -0.2) is 62.1 Å². The number of nitrogens with two attached hydrogens (primary N) is 1. The fourth-order valence-electron chi connectivity index (χ4n) is 7.15. The number of piperidine rings is 1. The second-order valence-corrected chi connectivity index (χ2v) is 13.9. The van der Waals surface area contributed by atoms with Gasteiger partial charge in [-0.25, -0.2) is 14.8 Å². The van der Waals surface area contributed by atoms with Crippen LogP contribution in [0.2, 0.25) is 0 Å². The van der Waals surface area contributed by atoms with E-state index >= 15 is 0 Å². The standard InChI is InChI=1S/C38H43N7O4.ClH/c1-23-35(31-17-27-14-15-30(34(39)26-12-13-26)41-36(27)44(31)20-24-10-11-24)42-32-18-28(19-33(48-2)45(23)32)37(46)43-16-6-9-29(21-43)40-38(47)49-22-25-7-4-3-5-8-25;/h3-5,7-8,14-15,17-19,24,26,29,34H,6,9-13,16,20-22,39H2,1-2H3,(H,40,47);1H/t29-,34?;/m1./s1. The van der Waals surface area contributed by atoms with Crippen LogP contribution in [0.15, 0.2) is 60.7 Å². The van der Waals surface area contributed by atoms with Crippen molar-refractivity contribution in [3.8, 4) is 17.3 Å². The van der Waals surface area contributed by atoms with Crippen molar-refractivity contribution in [2.75, 3.05) is 20.2 Å². The number of ether oxygens (including phenoxy) is 2. The lowest BCUT2D eigenvalue weighted by Crippen LogP contribution is -2.49. The number of nitrogens with zero attached hydrogens (tertiary/aromatic N) is 5. The molecule has 2 aliphatic carbocycles. The molecule has 1 saturated heterocycles. The van der Waals surface area contributed by atoms with Gasteiger partial charge in [0.1, 0.15) is 23.6 Å². The first-order valence-electron chi connectivity index (χ1n) is 17.5. The molecule has 1 aromatic carbocycles. The van der Waals surface area contributed by atoms with E-state index in [-0.39, 0.29) is 37.0 Å². The van der Waals surface area contributed by atoms with Gasteiger partial charge in [0.05, 0.1) is 24.2 Å². The lowest BCUT2D eigenvalue weighted by molar-refractivity contribution is 0.0682. The number of hydrogen-bond donors (Lipinski definition) is 2. The maximum Gasteiger partial charge on any atom is 0.407 e. The molecular formula is C38H44ClN7O4. The van der Waals surface area contributed by atoms with Crippen molar-refractivity contribution in [3.05, 3.63) is 83.2 Å². The van der Waals surface area contributed by atoms with Crippen LogP contribution in [-0.2, 0) is 17.9 Å². The molecule has 8 rings (SSSR count). The molecule has 5 aromatic rings. The summed E-state index contributed by atoms with van der Waals surface area (Å²) in [5, 5.41) is 4.02. The zero-order valence-corrected chi connectivity index (χ0v) is 29.3. The number of nitrogens with one attached hydrogen (secondary N) is 1. The number of imidazole rings is 1. The molecule has 1 aliphatic heterocycles. The SMILES string of the molecule is COc1cc(C(=O)N2CCC[C@@H](NC(=O)OCc3ccccc3)C2)cc2nc(-c3cc4ccc(C(N)C5CC5)nc4n3CC3CC3)c(C)n12.Cl. The first kappa shape index (κ1) is 33.9. The van der Waals surface area contributed by atoms with Gasteiger partial charge in [0.15, 0.2) is 5.88 Å². The molecule has 3 N–H and O–H groups in total. The summed E-state index contributed by atoms with van der Waals surface area (Å²) in [7, 11) is 1.61. The molecule has 12 heteroatoms. The average Bonchev–Trinajstić information content (AvgIpc) is 4.07. The smallest absolute Gasteiger partial charge is 0.407 e. The van der Waals surface area contributed by atoms with E-state index in [2.05, 4.69) is 28.1 Å². The summed E-state index contributed by atoms with van der Waals surface area (Å²) < 4.78 is 15.6. The van der Waals surface area contributed by atoms with Crippen molar-refractivity contribution in [1.29, 1.82) is 0 Å².